The van der Waals surface area contributed by atoms with E-state index in [-0.39, 0.29) is 0 Å². The Morgan fingerprint density at radius 1 is 1.18 bits per heavy atom. The standard InChI is InChI=1S/C15H32N2/c1-5-11-16-13(3)12-17(4)15-9-7-14(6-2)8-10-15/h13-16H,5-12H2,1-4H3. The number of hydrogen-bond acceptors (Lipinski definition) is 2. The van der Waals surface area contributed by atoms with Crippen LogP contribution in [0.3, 0.4) is 0 Å². The monoisotopic (exact) mass is 240 g/mol. The zero-order valence-corrected chi connectivity index (χ0v) is 12.3. The molecular weight excluding hydrogens is 208 g/mol. The number of nitrogens with zero attached hydrogens (tertiary/aromatic N) is 1. The first kappa shape index (κ1) is 15.0. The number of likely N-dealkylation sites (N-methyl/N-ethyl adjacent to an activating group) is 1. The Morgan fingerprint density at radius 3 is 2.35 bits per heavy atom. The molecule has 1 saturated carbocycles. The highest BCUT2D eigenvalue weighted by Crippen LogP contribution is 2.28. The van der Waals surface area contributed by atoms with Crippen LogP contribution in [0.5, 0.6) is 0 Å². The van der Waals surface area contributed by atoms with E-state index in [1.54, 1.807) is 0 Å². The van der Waals surface area contributed by atoms with Gasteiger partial charge in [0.25, 0.3) is 0 Å². The molecule has 0 heterocycles. The van der Waals surface area contributed by atoms with Crippen molar-refractivity contribution in [2.45, 2.75) is 71.4 Å². The van der Waals surface area contributed by atoms with E-state index in [0.29, 0.717) is 6.04 Å². The summed E-state index contributed by atoms with van der Waals surface area (Å²) in [4.78, 5) is 2.58. The molecule has 1 fully saturated rings. The van der Waals surface area contributed by atoms with Gasteiger partial charge in [-0.05, 0) is 58.5 Å². The SMILES string of the molecule is CCCNC(C)CN(C)C1CCC(CC)CC1. The van der Waals surface area contributed by atoms with Gasteiger partial charge in [-0.3, -0.25) is 0 Å². The van der Waals surface area contributed by atoms with Gasteiger partial charge in [0.15, 0.2) is 0 Å². The molecule has 1 unspecified atom stereocenters. The van der Waals surface area contributed by atoms with Crippen LogP contribution in [0.15, 0.2) is 0 Å². The zero-order valence-electron chi connectivity index (χ0n) is 12.3. The third-order valence-electron chi connectivity index (χ3n) is 4.32. The highest BCUT2D eigenvalue weighted by Gasteiger charge is 2.23. The Bertz CT molecular complexity index is 185. The van der Waals surface area contributed by atoms with Gasteiger partial charge in [-0.25, -0.2) is 0 Å². The molecular formula is C15H32N2. The fourth-order valence-electron chi connectivity index (χ4n) is 3.03. The zero-order chi connectivity index (χ0) is 12.7. The van der Waals surface area contributed by atoms with E-state index in [0.717, 1.165) is 18.5 Å². The Kier molecular flexibility index (Phi) is 7.14. The minimum Gasteiger partial charge on any atom is -0.313 e. The predicted molar refractivity (Wildman–Crippen MR) is 76.4 cm³/mol. The molecule has 0 saturated heterocycles. The lowest BCUT2D eigenvalue weighted by Gasteiger charge is -2.35. The number of hydrogen-bond donors (Lipinski definition) is 1. The number of nitrogens with one attached hydrogen (secondary N) is 1. The quantitative estimate of drug-likeness (QED) is 0.735. The minimum absolute atomic E-state index is 0.629. The van der Waals surface area contributed by atoms with Crippen molar-refractivity contribution in [2.24, 2.45) is 5.92 Å². The van der Waals surface area contributed by atoms with Crippen LogP contribution in [0.2, 0.25) is 0 Å². The topological polar surface area (TPSA) is 15.3 Å². The second-order valence-electron chi connectivity index (χ2n) is 5.88. The third kappa shape index (κ3) is 5.39. The van der Waals surface area contributed by atoms with Crippen LogP contribution in [-0.4, -0.2) is 37.1 Å². The summed E-state index contributed by atoms with van der Waals surface area (Å²) in [6, 6.07) is 1.47. The van der Waals surface area contributed by atoms with Gasteiger partial charge in [-0.15, -0.1) is 0 Å². The van der Waals surface area contributed by atoms with Crippen LogP contribution in [0.1, 0.15) is 59.3 Å². The largest absolute Gasteiger partial charge is 0.313 e. The Labute approximate surface area is 108 Å². The van der Waals surface area contributed by atoms with E-state index in [1.807, 2.05) is 0 Å². The summed E-state index contributed by atoms with van der Waals surface area (Å²) >= 11 is 0. The summed E-state index contributed by atoms with van der Waals surface area (Å²) in [6.45, 7) is 9.23. The maximum Gasteiger partial charge on any atom is 0.0166 e. The molecule has 1 aliphatic carbocycles. The van der Waals surface area contributed by atoms with E-state index in [4.69, 9.17) is 0 Å². The molecule has 1 N–H and O–H groups in total. The van der Waals surface area contributed by atoms with Crippen molar-refractivity contribution in [1.82, 2.24) is 10.2 Å². The fraction of sp³-hybridized carbons (Fsp3) is 1.00. The molecule has 17 heavy (non-hydrogen) atoms. The molecule has 0 bridgehead atoms. The van der Waals surface area contributed by atoms with Gasteiger partial charge in [-0.1, -0.05) is 20.3 Å². The van der Waals surface area contributed by atoms with Crippen molar-refractivity contribution >= 4 is 0 Å². The van der Waals surface area contributed by atoms with Crippen LogP contribution in [0.25, 0.3) is 0 Å². The highest BCUT2D eigenvalue weighted by molar-refractivity contribution is 4.79. The van der Waals surface area contributed by atoms with Gasteiger partial charge >= 0.3 is 0 Å². The first-order valence-corrected chi connectivity index (χ1v) is 7.60. The summed E-state index contributed by atoms with van der Waals surface area (Å²) in [5.41, 5.74) is 0. The van der Waals surface area contributed by atoms with Crippen LogP contribution < -0.4 is 5.32 Å². The van der Waals surface area contributed by atoms with E-state index >= 15 is 0 Å². The Balaban J connectivity index is 2.21. The van der Waals surface area contributed by atoms with E-state index in [9.17, 15) is 0 Å². The normalized spacial score (nSPS) is 27.4. The molecule has 1 rings (SSSR count). The lowest BCUT2D eigenvalue weighted by molar-refractivity contribution is 0.153. The van der Waals surface area contributed by atoms with Crippen molar-refractivity contribution in [1.29, 1.82) is 0 Å². The second-order valence-corrected chi connectivity index (χ2v) is 5.88. The molecule has 2 nitrogen and oxygen atoms in total. The average molecular weight is 240 g/mol. The molecule has 0 radical (unpaired) electrons. The molecule has 1 aliphatic rings. The molecule has 0 amide bonds. The Hall–Kier alpha value is -0.0800. The van der Waals surface area contributed by atoms with Gasteiger partial charge in [0, 0.05) is 18.6 Å². The molecule has 2 heteroatoms. The molecule has 1 atom stereocenters. The maximum atomic E-state index is 3.58. The first-order valence-electron chi connectivity index (χ1n) is 7.60. The van der Waals surface area contributed by atoms with Crippen LogP contribution in [0, 0.1) is 5.92 Å². The lowest BCUT2D eigenvalue weighted by atomic mass is 9.84. The third-order valence-corrected chi connectivity index (χ3v) is 4.32. The average Bonchev–Trinajstić information content (AvgIpc) is 2.36. The summed E-state index contributed by atoms with van der Waals surface area (Å²) in [5, 5.41) is 3.58. The van der Waals surface area contributed by atoms with Crippen molar-refractivity contribution in [3.8, 4) is 0 Å². The van der Waals surface area contributed by atoms with Crippen molar-refractivity contribution in [3.05, 3.63) is 0 Å². The summed E-state index contributed by atoms with van der Waals surface area (Å²) in [5.74, 6) is 1.01. The predicted octanol–water partition coefficient (Wildman–Crippen LogP) is 3.28. The molecule has 0 aromatic carbocycles. The van der Waals surface area contributed by atoms with E-state index in [2.05, 4.69) is 38.0 Å². The fourth-order valence-corrected chi connectivity index (χ4v) is 3.03. The summed E-state index contributed by atoms with van der Waals surface area (Å²) < 4.78 is 0. The molecule has 0 aliphatic heterocycles. The van der Waals surface area contributed by atoms with Gasteiger partial charge < -0.3 is 10.2 Å². The van der Waals surface area contributed by atoms with Crippen LogP contribution in [-0.2, 0) is 0 Å². The summed E-state index contributed by atoms with van der Waals surface area (Å²) in [6.07, 6.45) is 8.33. The van der Waals surface area contributed by atoms with Gasteiger partial charge in [0.1, 0.15) is 0 Å². The first-order chi connectivity index (χ1) is 8.17. The minimum atomic E-state index is 0.629. The van der Waals surface area contributed by atoms with Gasteiger partial charge in [-0.2, -0.15) is 0 Å². The van der Waals surface area contributed by atoms with Crippen LogP contribution in [0.4, 0.5) is 0 Å². The number of rotatable bonds is 7. The van der Waals surface area contributed by atoms with Crippen molar-refractivity contribution < 1.29 is 0 Å². The van der Waals surface area contributed by atoms with Crippen molar-refractivity contribution in [3.63, 3.8) is 0 Å². The maximum absolute atomic E-state index is 3.58. The smallest absolute Gasteiger partial charge is 0.0166 e. The van der Waals surface area contributed by atoms with Gasteiger partial charge in [0.05, 0.1) is 0 Å². The van der Waals surface area contributed by atoms with Crippen molar-refractivity contribution in [2.75, 3.05) is 20.1 Å². The molecule has 0 spiro atoms. The van der Waals surface area contributed by atoms with Crippen LogP contribution >= 0.6 is 0 Å². The molecule has 0 aromatic rings. The Morgan fingerprint density at radius 2 is 1.82 bits per heavy atom. The highest BCUT2D eigenvalue weighted by atomic mass is 15.2. The second kappa shape index (κ2) is 8.10. The molecule has 0 aromatic heterocycles. The molecule has 102 valence electrons. The van der Waals surface area contributed by atoms with E-state index < -0.39 is 0 Å². The van der Waals surface area contributed by atoms with E-state index in [1.165, 1.54) is 45.1 Å². The summed E-state index contributed by atoms with van der Waals surface area (Å²) in [7, 11) is 2.31. The van der Waals surface area contributed by atoms with Gasteiger partial charge in [0.2, 0.25) is 0 Å². The lowest BCUT2D eigenvalue weighted by Crippen LogP contribution is -2.43.